The minimum Gasteiger partial charge on any atom is -0.354 e. The van der Waals surface area contributed by atoms with Gasteiger partial charge in [0.25, 0.3) is 5.91 Å². The van der Waals surface area contributed by atoms with Gasteiger partial charge in [0.2, 0.25) is 5.95 Å². The summed E-state index contributed by atoms with van der Waals surface area (Å²) in [6.45, 7) is 1.99. The first-order valence-electron chi connectivity index (χ1n) is 8.51. The number of aryl methyl sites for hydroxylation is 1. The Labute approximate surface area is 155 Å². The van der Waals surface area contributed by atoms with Crippen LogP contribution in [0.25, 0.3) is 22.3 Å². The number of nitrogens with zero attached hydrogens (tertiary/aromatic N) is 3. The predicted molar refractivity (Wildman–Crippen MR) is 105 cm³/mol. The van der Waals surface area contributed by atoms with Gasteiger partial charge in [0.05, 0.1) is 11.4 Å². The molecule has 7 nitrogen and oxygen atoms in total. The predicted octanol–water partition coefficient (Wildman–Crippen LogP) is 3.43. The normalized spacial score (nSPS) is 10.7. The molecule has 0 fully saturated rings. The second-order valence-electron chi connectivity index (χ2n) is 6.12. The van der Waals surface area contributed by atoms with E-state index in [0.717, 1.165) is 33.5 Å². The van der Waals surface area contributed by atoms with Crippen LogP contribution in [0.1, 0.15) is 16.1 Å². The molecule has 3 aromatic heterocycles. The van der Waals surface area contributed by atoms with Gasteiger partial charge in [-0.15, -0.1) is 0 Å². The smallest absolute Gasteiger partial charge is 0.267 e. The number of benzene rings is 1. The zero-order chi connectivity index (χ0) is 18.8. The van der Waals surface area contributed by atoms with Crippen molar-refractivity contribution in [3.05, 3.63) is 66.1 Å². The van der Waals surface area contributed by atoms with Gasteiger partial charge in [0.1, 0.15) is 5.69 Å². The zero-order valence-corrected chi connectivity index (χ0v) is 14.9. The molecule has 7 heteroatoms. The number of hydrogen-bond donors (Lipinski definition) is 3. The Hall–Kier alpha value is -3.74. The van der Waals surface area contributed by atoms with E-state index in [-0.39, 0.29) is 5.91 Å². The van der Waals surface area contributed by atoms with E-state index < -0.39 is 0 Å². The second-order valence-corrected chi connectivity index (χ2v) is 6.12. The number of rotatable bonds is 4. The van der Waals surface area contributed by atoms with Crippen LogP contribution in [0.3, 0.4) is 0 Å². The molecule has 4 aromatic rings. The highest BCUT2D eigenvalue weighted by Crippen LogP contribution is 2.26. The highest BCUT2D eigenvalue weighted by atomic mass is 16.1. The Kier molecular flexibility index (Phi) is 4.25. The molecular formula is C20H18N6O. The summed E-state index contributed by atoms with van der Waals surface area (Å²) >= 11 is 0. The maximum Gasteiger partial charge on any atom is 0.267 e. The summed E-state index contributed by atoms with van der Waals surface area (Å²) in [7, 11) is 1.61. The molecule has 4 rings (SSSR count). The molecule has 1 amide bonds. The topological polar surface area (TPSA) is 95.6 Å². The lowest BCUT2D eigenvalue weighted by molar-refractivity contribution is 0.0959. The monoisotopic (exact) mass is 358 g/mol. The number of H-pyrrole nitrogens is 1. The van der Waals surface area contributed by atoms with Crippen LogP contribution in [-0.2, 0) is 0 Å². The third kappa shape index (κ3) is 3.35. The summed E-state index contributed by atoms with van der Waals surface area (Å²) in [6.07, 6.45) is 3.43. The molecule has 0 saturated heterocycles. The molecule has 0 spiro atoms. The van der Waals surface area contributed by atoms with Crippen LogP contribution in [0.2, 0.25) is 0 Å². The average Bonchev–Trinajstić information content (AvgIpc) is 3.13. The fourth-order valence-electron chi connectivity index (χ4n) is 2.96. The van der Waals surface area contributed by atoms with E-state index in [1.165, 1.54) is 0 Å². The first-order chi connectivity index (χ1) is 13.1. The van der Waals surface area contributed by atoms with Gasteiger partial charge in [-0.25, -0.2) is 9.97 Å². The highest BCUT2D eigenvalue weighted by molar-refractivity contribution is 5.99. The van der Waals surface area contributed by atoms with Gasteiger partial charge in [-0.3, -0.25) is 9.78 Å². The minimum atomic E-state index is -0.147. The quantitative estimate of drug-likeness (QED) is 0.519. The fourth-order valence-corrected chi connectivity index (χ4v) is 2.96. The van der Waals surface area contributed by atoms with Crippen molar-refractivity contribution in [2.24, 2.45) is 0 Å². The standard InChI is InChI=1S/C20H18N6O/c1-12-9-14(10-13-11-17(19(27)21-2)25-18(12)13)24-20-23-8-6-16(26-20)15-5-3-4-7-22-15/h3-11,25H,1-2H3,(H,21,27)(H,23,24,26). The highest BCUT2D eigenvalue weighted by Gasteiger charge is 2.11. The molecule has 0 saturated carbocycles. The number of aromatic amines is 1. The first-order valence-corrected chi connectivity index (χ1v) is 8.51. The molecule has 27 heavy (non-hydrogen) atoms. The third-order valence-corrected chi connectivity index (χ3v) is 4.24. The van der Waals surface area contributed by atoms with E-state index in [9.17, 15) is 4.79 Å². The number of fused-ring (bicyclic) bond motifs is 1. The summed E-state index contributed by atoms with van der Waals surface area (Å²) in [6, 6.07) is 13.3. The van der Waals surface area contributed by atoms with Crippen molar-refractivity contribution in [2.75, 3.05) is 12.4 Å². The van der Waals surface area contributed by atoms with Crippen molar-refractivity contribution in [3.63, 3.8) is 0 Å². The molecule has 0 aliphatic carbocycles. The van der Waals surface area contributed by atoms with Crippen LogP contribution < -0.4 is 10.6 Å². The van der Waals surface area contributed by atoms with Crippen LogP contribution >= 0.6 is 0 Å². The Morgan fingerprint density at radius 2 is 1.93 bits per heavy atom. The Bertz CT molecular complexity index is 1120. The molecular weight excluding hydrogens is 340 g/mol. The SMILES string of the molecule is CNC(=O)c1cc2cc(Nc3nccc(-c4ccccn4)n3)cc(C)c2[nH]1. The maximum absolute atomic E-state index is 11.9. The van der Waals surface area contributed by atoms with Gasteiger partial charge >= 0.3 is 0 Å². The van der Waals surface area contributed by atoms with Gasteiger partial charge in [-0.1, -0.05) is 6.07 Å². The lowest BCUT2D eigenvalue weighted by Gasteiger charge is -2.08. The number of carbonyl (C=O) groups excluding carboxylic acids is 1. The summed E-state index contributed by atoms with van der Waals surface area (Å²) in [5.41, 5.74) is 4.86. The third-order valence-electron chi connectivity index (χ3n) is 4.24. The van der Waals surface area contributed by atoms with Crippen LogP contribution in [0, 0.1) is 6.92 Å². The van der Waals surface area contributed by atoms with E-state index in [4.69, 9.17) is 0 Å². The van der Waals surface area contributed by atoms with E-state index in [1.54, 1.807) is 19.4 Å². The Morgan fingerprint density at radius 3 is 2.70 bits per heavy atom. The van der Waals surface area contributed by atoms with E-state index in [1.807, 2.05) is 49.4 Å². The molecule has 1 aromatic carbocycles. The van der Waals surface area contributed by atoms with Crippen molar-refractivity contribution in [1.29, 1.82) is 0 Å². The van der Waals surface area contributed by atoms with Crippen molar-refractivity contribution in [1.82, 2.24) is 25.3 Å². The van der Waals surface area contributed by atoms with Crippen LogP contribution in [0.4, 0.5) is 11.6 Å². The van der Waals surface area contributed by atoms with E-state index in [2.05, 4.69) is 30.6 Å². The van der Waals surface area contributed by atoms with Crippen LogP contribution in [0.15, 0.2) is 54.9 Å². The minimum absolute atomic E-state index is 0.147. The van der Waals surface area contributed by atoms with Gasteiger partial charge in [-0.2, -0.15) is 0 Å². The van der Waals surface area contributed by atoms with Crippen LogP contribution in [0.5, 0.6) is 0 Å². The first kappa shape index (κ1) is 16.7. The second kappa shape index (κ2) is 6.87. The molecule has 0 unspecified atom stereocenters. The summed E-state index contributed by atoms with van der Waals surface area (Å²) in [5.74, 6) is 0.338. The molecule has 0 bridgehead atoms. The van der Waals surface area contributed by atoms with Crippen molar-refractivity contribution >= 4 is 28.4 Å². The molecule has 0 aliphatic heterocycles. The van der Waals surface area contributed by atoms with E-state index >= 15 is 0 Å². The number of hydrogen-bond acceptors (Lipinski definition) is 5. The molecule has 0 radical (unpaired) electrons. The van der Waals surface area contributed by atoms with Gasteiger partial charge in [0.15, 0.2) is 0 Å². The number of aromatic nitrogens is 4. The zero-order valence-electron chi connectivity index (χ0n) is 14.9. The molecule has 134 valence electrons. The van der Waals surface area contributed by atoms with Gasteiger partial charge < -0.3 is 15.6 Å². The van der Waals surface area contributed by atoms with Gasteiger partial charge in [0, 0.05) is 36.0 Å². The maximum atomic E-state index is 11.9. The molecule has 3 N–H and O–H groups in total. The number of pyridine rings is 1. The molecule has 0 aliphatic rings. The van der Waals surface area contributed by atoms with E-state index in [0.29, 0.717) is 11.6 Å². The fraction of sp³-hybridized carbons (Fsp3) is 0.100. The van der Waals surface area contributed by atoms with Gasteiger partial charge in [-0.05, 0) is 48.9 Å². The average molecular weight is 358 g/mol. The lowest BCUT2D eigenvalue weighted by Crippen LogP contribution is -2.17. The Balaban J connectivity index is 1.66. The van der Waals surface area contributed by atoms with Crippen molar-refractivity contribution in [2.45, 2.75) is 6.92 Å². The van der Waals surface area contributed by atoms with Crippen LogP contribution in [-0.4, -0.2) is 32.9 Å². The summed E-state index contributed by atoms with van der Waals surface area (Å²) in [4.78, 5) is 28.2. The largest absolute Gasteiger partial charge is 0.354 e. The molecule has 0 atom stereocenters. The van der Waals surface area contributed by atoms with Crippen molar-refractivity contribution < 1.29 is 4.79 Å². The van der Waals surface area contributed by atoms with Crippen molar-refractivity contribution in [3.8, 4) is 11.4 Å². The number of nitrogens with one attached hydrogen (secondary N) is 3. The summed E-state index contributed by atoms with van der Waals surface area (Å²) in [5, 5.41) is 6.80. The lowest BCUT2D eigenvalue weighted by atomic mass is 10.1. The number of anilines is 2. The number of carbonyl (C=O) groups is 1. The summed E-state index contributed by atoms with van der Waals surface area (Å²) < 4.78 is 0. The number of amides is 1. The Morgan fingerprint density at radius 1 is 1.04 bits per heavy atom. The molecule has 3 heterocycles.